The van der Waals surface area contributed by atoms with Gasteiger partial charge in [-0.05, 0) is 36.8 Å². The molecule has 1 aromatic heterocycles. The van der Waals surface area contributed by atoms with Crippen LogP contribution < -0.4 is 5.32 Å². The fraction of sp³-hybridized carbons (Fsp3) is 0.562. The number of carbonyl (C=O) groups is 2. The zero-order valence-electron chi connectivity index (χ0n) is 12.4. The van der Waals surface area contributed by atoms with Crippen molar-refractivity contribution in [2.45, 2.75) is 45.4 Å². The number of hydrogen-bond acceptors (Lipinski definition) is 3. The summed E-state index contributed by atoms with van der Waals surface area (Å²) in [5.74, 6) is -1.01. The predicted octanol–water partition coefficient (Wildman–Crippen LogP) is 2.55. The Morgan fingerprint density at radius 1 is 1.33 bits per heavy atom. The van der Waals surface area contributed by atoms with Gasteiger partial charge >= 0.3 is 5.97 Å². The molecule has 0 spiro atoms. The van der Waals surface area contributed by atoms with E-state index in [0.29, 0.717) is 12.2 Å². The van der Waals surface area contributed by atoms with Gasteiger partial charge in [0.15, 0.2) is 0 Å². The SMILES string of the molecule is Cc1cccnc1C(=O)NCC1(CC(=O)O)CCCCC1. The largest absolute Gasteiger partial charge is 0.481 e. The zero-order chi connectivity index (χ0) is 15.3. The van der Waals surface area contributed by atoms with Crippen molar-refractivity contribution >= 4 is 11.9 Å². The summed E-state index contributed by atoms with van der Waals surface area (Å²) < 4.78 is 0. The minimum Gasteiger partial charge on any atom is -0.481 e. The minimum absolute atomic E-state index is 0.120. The minimum atomic E-state index is -0.792. The number of aliphatic carboxylic acids is 1. The van der Waals surface area contributed by atoms with E-state index in [4.69, 9.17) is 5.11 Å². The molecule has 5 nitrogen and oxygen atoms in total. The van der Waals surface area contributed by atoms with Crippen LogP contribution >= 0.6 is 0 Å². The molecule has 0 saturated heterocycles. The molecule has 5 heteroatoms. The van der Waals surface area contributed by atoms with Crippen molar-refractivity contribution in [2.24, 2.45) is 5.41 Å². The normalized spacial score (nSPS) is 17.2. The highest BCUT2D eigenvalue weighted by atomic mass is 16.4. The maximum atomic E-state index is 12.2. The number of carboxylic acid groups (broad SMARTS) is 1. The van der Waals surface area contributed by atoms with Crippen LogP contribution in [0.2, 0.25) is 0 Å². The lowest BCUT2D eigenvalue weighted by molar-refractivity contribution is -0.140. The average molecular weight is 290 g/mol. The van der Waals surface area contributed by atoms with Crippen molar-refractivity contribution in [1.29, 1.82) is 0 Å². The summed E-state index contributed by atoms with van der Waals surface area (Å²) in [5, 5.41) is 12.0. The van der Waals surface area contributed by atoms with Crippen LogP contribution in [0.1, 0.15) is 54.6 Å². The fourth-order valence-electron chi connectivity index (χ4n) is 3.11. The van der Waals surface area contributed by atoms with Gasteiger partial charge in [0.2, 0.25) is 0 Å². The molecule has 1 aliphatic carbocycles. The molecule has 0 atom stereocenters. The van der Waals surface area contributed by atoms with Gasteiger partial charge in [-0.25, -0.2) is 0 Å². The lowest BCUT2D eigenvalue weighted by atomic mass is 9.71. The van der Waals surface area contributed by atoms with Crippen LogP contribution in [0, 0.1) is 12.3 Å². The smallest absolute Gasteiger partial charge is 0.303 e. The second-order valence-corrected chi connectivity index (χ2v) is 5.98. The van der Waals surface area contributed by atoms with Crippen molar-refractivity contribution in [2.75, 3.05) is 6.54 Å². The van der Waals surface area contributed by atoms with Crippen LogP contribution in [0.25, 0.3) is 0 Å². The maximum absolute atomic E-state index is 12.2. The van der Waals surface area contributed by atoms with Crippen LogP contribution in [-0.2, 0) is 4.79 Å². The number of rotatable bonds is 5. The molecule has 0 unspecified atom stereocenters. The number of hydrogen-bond donors (Lipinski definition) is 2. The maximum Gasteiger partial charge on any atom is 0.303 e. The Hall–Kier alpha value is -1.91. The Labute approximate surface area is 124 Å². The molecule has 21 heavy (non-hydrogen) atoms. The highest BCUT2D eigenvalue weighted by Gasteiger charge is 2.34. The van der Waals surface area contributed by atoms with E-state index in [0.717, 1.165) is 37.7 Å². The summed E-state index contributed by atoms with van der Waals surface area (Å²) in [4.78, 5) is 27.4. The first-order chi connectivity index (χ1) is 10.0. The molecular weight excluding hydrogens is 268 g/mol. The Morgan fingerprint density at radius 3 is 2.67 bits per heavy atom. The number of amides is 1. The van der Waals surface area contributed by atoms with E-state index in [1.165, 1.54) is 0 Å². The van der Waals surface area contributed by atoms with Crippen LogP contribution in [0.3, 0.4) is 0 Å². The van der Waals surface area contributed by atoms with E-state index in [1.54, 1.807) is 12.3 Å². The molecule has 0 aliphatic heterocycles. The topological polar surface area (TPSA) is 79.3 Å². The third-order valence-corrected chi connectivity index (χ3v) is 4.29. The van der Waals surface area contributed by atoms with E-state index in [2.05, 4.69) is 10.3 Å². The molecule has 1 amide bonds. The van der Waals surface area contributed by atoms with Crippen LogP contribution in [0.15, 0.2) is 18.3 Å². The van der Waals surface area contributed by atoms with Gasteiger partial charge in [-0.3, -0.25) is 14.6 Å². The number of nitrogens with one attached hydrogen (secondary N) is 1. The highest BCUT2D eigenvalue weighted by Crippen LogP contribution is 2.38. The van der Waals surface area contributed by atoms with Crippen LogP contribution in [-0.4, -0.2) is 28.5 Å². The molecule has 0 aromatic carbocycles. The average Bonchev–Trinajstić information content (AvgIpc) is 2.46. The summed E-state index contributed by atoms with van der Waals surface area (Å²) in [6, 6.07) is 3.63. The number of carbonyl (C=O) groups excluding carboxylic acids is 1. The Morgan fingerprint density at radius 2 is 2.05 bits per heavy atom. The van der Waals surface area contributed by atoms with E-state index < -0.39 is 5.97 Å². The summed E-state index contributed by atoms with van der Waals surface area (Å²) in [5.41, 5.74) is 0.937. The van der Waals surface area contributed by atoms with Crippen molar-refractivity contribution in [3.63, 3.8) is 0 Å². The van der Waals surface area contributed by atoms with Gasteiger partial charge in [0.1, 0.15) is 5.69 Å². The Kier molecular flexibility index (Phi) is 4.94. The summed E-state index contributed by atoms with van der Waals surface area (Å²) in [6.07, 6.45) is 6.65. The molecule has 0 radical (unpaired) electrons. The number of pyridine rings is 1. The van der Waals surface area contributed by atoms with Gasteiger partial charge in [0.05, 0.1) is 6.42 Å². The van der Waals surface area contributed by atoms with Gasteiger partial charge in [-0.2, -0.15) is 0 Å². The van der Waals surface area contributed by atoms with Gasteiger partial charge in [0.25, 0.3) is 5.91 Å². The van der Waals surface area contributed by atoms with Gasteiger partial charge in [0, 0.05) is 12.7 Å². The predicted molar refractivity (Wildman–Crippen MR) is 79.1 cm³/mol. The van der Waals surface area contributed by atoms with Crippen molar-refractivity contribution < 1.29 is 14.7 Å². The number of nitrogens with zero attached hydrogens (tertiary/aromatic N) is 1. The third kappa shape index (κ3) is 4.03. The van der Waals surface area contributed by atoms with E-state index in [9.17, 15) is 9.59 Å². The standard InChI is InChI=1S/C16H22N2O3/c1-12-6-5-9-17-14(12)15(21)18-11-16(10-13(19)20)7-3-2-4-8-16/h5-6,9H,2-4,7-8,10-11H2,1H3,(H,18,21)(H,19,20). The van der Waals surface area contributed by atoms with Crippen molar-refractivity contribution in [3.8, 4) is 0 Å². The van der Waals surface area contributed by atoms with E-state index in [-0.39, 0.29) is 17.7 Å². The van der Waals surface area contributed by atoms with E-state index in [1.807, 2.05) is 13.0 Å². The molecule has 2 N–H and O–H groups in total. The van der Waals surface area contributed by atoms with Gasteiger partial charge in [-0.15, -0.1) is 0 Å². The second-order valence-electron chi connectivity index (χ2n) is 5.98. The first kappa shape index (κ1) is 15.5. The molecule has 2 rings (SSSR count). The second kappa shape index (κ2) is 6.70. The first-order valence-corrected chi connectivity index (χ1v) is 7.44. The highest BCUT2D eigenvalue weighted by molar-refractivity contribution is 5.93. The number of aromatic nitrogens is 1. The molecule has 1 saturated carbocycles. The molecule has 1 aromatic rings. The molecular formula is C16H22N2O3. The molecule has 1 fully saturated rings. The fourth-order valence-corrected chi connectivity index (χ4v) is 3.11. The third-order valence-electron chi connectivity index (χ3n) is 4.29. The van der Waals surface area contributed by atoms with E-state index >= 15 is 0 Å². The molecule has 1 aliphatic rings. The molecule has 114 valence electrons. The van der Waals surface area contributed by atoms with Crippen molar-refractivity contribution in [1.82, 2.24) is 10.3 Å². The summed E-state index contributed by atoms with van der Waals surface area (Å²) in [7, 11) is 0. The quantitative estimate of drug-likeness (QED) is 0.873. The zero-order valence-corrected chi connectivity index (χ0v) is 12.4. The van der Waals surface area contributed by atoms with Crippen LogP contribution in [0.4, 0.5) is 0 Å². The van der Waals surface area contributed by atoms with Crippen molar-refractivity contribution in [3.05, 3.63) is 29.6 Å². The first-order valence-electron chi connectivity index (χ1n) is 7.44. The van der Waals surface area contributed by atoms with Gasteiger partial charge < -0.3 is 10.4 Å². The Balaban J connectivity index is 2.03. The lowest BCUT2D eigenvalue weighted by Crippen LogP contribution is -2.40. The number of aryl methyl sites for hydroxylation is 1. The molecule has 0 bridgehead atoms. The summed E-state index contributed by atoms with van der Waals surface area (Å²) in [6.45, 7) is 2.25. The summed E-state index contributed by atoms with van der Waals surface area (Å²) >= 11 is 0. The van der Waals surface area contributed by atoms with Crippen LogP contribution in [0.5, 0.6) is 0 Å². The Bertz CT molecular complexity index is 522. The lowest BCUT2D eigenvalue weighted by Gasteiger charge is -2.36. The monoisotopic (exact) mass is 290 g/mol. The number of carboxylic acids is 1. The molecule has 1 heterocycles. The van der Waals surface area contributed by atoms with Gasteiger partial charge in [-0.1, -0.05) is 25.3 Å².